The van der Waals surface area contributed by atoms with E-state index in [4.69, 9.17) is 9.47 Å². The van der Waals surface area contributed by atoms with Gasteiger partial charge in [-0.15, -0.1) is 0 Å². The first-order valence-corrected chi connectivity index (χ1v) is 13.4. The zero-order valence-corrected chi connectivity index (χ0v) is 22.1. The Kier molecular flexibility index (Phi) is 8.11. The molecule has 0 radical (unpaired) electrons. The van der Waals surface area contributed by atoms with Crippen molar-refractivity contribution in [1.82, 2.24) is 19.9 Å². The number of unbranched alkanes of at least 4 members (excludes halogenated alkanes) is 1. The molecule has 0 atom stereocenters. The Balaban J connectivity index is 1.07. The van der Waals surface area contributed by atoms with Crippen molar-refractivity contribution in [1.29, 1.82) is 0 Å². The maximum atomic E-state index is 13.6. The Morgan fingerprint density at radius 2 is 1.65 bits per heavy atom. The van der Waals surface area contributed by atoms with Crippen molar-refractivity contribution in [2.75, 3.05) is 51.8 Å². The van der Waals surface area contributed by atoms with Crippen molar-refractivity contribution < 1.29 is 13.9 Å². The van der Waals surface area contributed by atoms with Gasteiger partial charge in [0.2, 0.25) is 11.8 Å². The quantitative estimate of drug-likeness (QED) is 0.221. The van der Waals surface area contributed by atoms with Crippen LogP contribution in [-0.2, 0) is 6.42 Å². The van der Waals surface area contributed by atoms with Gasteiger partial charge in [0.25, 0.3) is 0 Å². The number of aryl methyl sites for hydroxylation is 1. The molecular formula is C28H32FN5O2S. The molecule has 3 heterocycles. The fourth-order valence-electron chi connectivity index (χ4n) is 4.71. The topological polar surface area (TPSA) is 66.5 Å². The van der Waals surface area contributed by atoms with Crippen LogP contribution in [0.2, 0.25) is 0 Å². The first-order chi connectivity index (χ1) is 18.1. The van der Waals surface area contributed by atoms with E-state index in [2.05, 4.69) is 49.0 Å². The molecule has 1 saturated heterocycles. The summed E-state index contributed by atoms with van der Waals surface area (Å²) in [5.41, 5.74) is 3.45. The summed E-state index contributed by atoms with van der Waals surface area (Å²) in [4.78, 5) is 18.1. The molecule has 1 N–H and O–H groups in total. The van der Waals surface area contributed by atoms with E-state index in [-0.39, 0.29) is 5.82 Å². The number of rotatable bonds is 10. The lowest BCUT2D eigenvalue weighted by atomic mass is 10.1. The van der Waals surface area contributed by atoms with Crippen molar-refractivity contribution in [2.45, 2.75) is 29.3 Å². The number of aromatic amines is 1. The number of benzene rings is 2. The summed E-state index contributed by atoms with van der Waals surface area (Å²) in [5.74, 6) is 0.792. The summed E-state index contributed by atoms with van der Waals surface area (Å²) in [6.07, 6.45) is 5.24. The maximum Gasteiger partial charge on any atom is 0.220 e. The molecule has 0 saturated carbocycles. The number of hydrogen-bond acceptors (Lipinski definition) is 7. The third kappa shape index (κ3) is 6.34. The highest BCUT2D eigenvalue weighted by atomic mass is 32.2. The number of halogens is 1. The average Bonchev–Trinajstić information content (AvgIpc) is 3.33. The molecule has 37 heavy (non-hydrogen) atoms. The van der Waals surface area contributed by atoms with Gasteiger partial charge in [-0.2, -0.15) is 9.97 Å². The van der Waals surface area contributed by atoms with E-state index < -0.39 is 0 Å². The lowest BCUT2D eigenvalue weighted by Gasteiger charge is -2.36. The molecule has 1 aliphatic heterocycles. The highest BCUT2D eigenvalue weighted by Gasteiger charge is 2.17. The molecule has 0 aliphatic carbocycles. The smallest absolute Gasteiger partial charge is 0.220 e. The maximum absolute atomic E-state index is 13.6. The van der Waals surface area contributed by atoms with Gasteiger partial charge < -0.3 is 19.4 Å². The summed E-state index contributed by atoms with van der Waals surface area (Å²) < 4.78 is 24.1. The van der Waals surface area contributed by atoms with Crippen LogP contribution in [0.4, 0.5) is 10.1 Å². The number of nitrogens with one attached hydrogen (secondary N) is 1. The predicted molar refractivity (Wildman–Crippen MR) is 146 cm³/mol. The first kappa shape index (κ1) is 25.4. The molecule has 0 spiro atoms. The fraction of sp³-hybridized carbons (Fsp3) is 0.357. The van der Waals surface area contributed by atoms with Gasteiger partial charge in [-0.25, -0.2) is 4.39 Å². The summed E-state index contributed by atoms with van der Waals surface area (Å²) in [5, 5.41) is 1.60. The molecule has 2 aromatic carbocycles. The third-order valence-corrected chi connectivity index (χ3v) is 7.63. The number of H-pyrrole nitrogens is 1. The Morgan fingerprint density at radius 3 is 2.35 bits per heavy atom. The highest BCUT2D eigenvalue weighted by molar-refractivity contribution is 7.99. The highest BCUT2D eigenvalue weighted by Crippen LogP contribution is 2.30. The van der Waals surface area contributed by atoms with Crippen LogP contribution < -0.4 is 14.4 Å². The first-order valence-electron chi connectivity index (χ1n) is 12.6. The van der Waals surface area contributed by atoms with E-state index in [0.717, 1.165) is 67.8 Å². The van der Waals surface area contributed by atoms with Gasteiger partial charge in [-0.05, 0) is 85.6 Å². The second kappa shape index (κ2) is 11.8. The lowest BCUT2D eigenvalue weighted by Crippen LogP contribution is -2.46. The van der Waals surface area contributed by atoms with E-state index in [0.29, 0.717) is 16.9 Å². The van der Waals surface area contributed by atoms with Crippen LogP contribution in [0.25, 0.3) is 10.9 Å². The van der Waals surface area contributed by atoms with Crippen molar-refractivity contribution in [2.24, 2.45) is 0 Å². The van der Waals surface area contributed by atoms with Crippen LogP contribution in [0.5, 0.6) is 11.8 Å². The summed E-state index contributed by atoms with van der Waals surface area (Å²) >= 11 is 1.48. The fourth-order valence-corrected chi connectivity index (χ4v) is 5.46. The van der Waals surface area contributed by atoms with E-state index in [1.165, 1.54) is 29.1 Å². The standard InChI is InChI=1S/C28H32FN5O2S/c1-35-26-18-27(36-2)32-28(31-26)37-23-9-7-22(8-10-23)34-15-13-33(14-16-34)12-4-3-5-20-19-30-25-11-6-21(29)17-24(20)25/h6-11,17-19,30H,3-5,12-16H2,1-2H3. The van der Waals surface area contributed by atoms with Gasteiger partial charge in [0.15, 0.2) is 5.16 Å². The molecule has 7 nitrogen and oxygen atoms in total. The third-order valence-electron chi connectivity index (χ3n) is 6.76. The van der Waals surface area contributed by atoms with Gasteiger partial charge in [-0.1, -0.05) is 0 Å². The number of anilines is 1. The predicted octanol–water partition coefficient (Wildman–Crippen LogP) is 5.41. The van der Waals surface area contributed by atoms with Gasteiger partial charge in [0.1, 0.15) is 5.82 Å². The van der Waals surface area contributed by atoms with Crippen molar-refractivity contribution in [3.8, 4) is 11.8 Å². The molecule has 1 fully saturated rings. The molecule has 2 aromatic heterocycles. The molecule has 0 unspecified atom stereocenters. The molecule has 4 aromatic rings. The van der Waals surface area contributed by atoms with Crippen molar-refractivity contribution in [3.05, 3.63) is 66.1 Å². The Hall–Kier alpha value is -3.30. The molecule has 9 heteroatoms. The number of aromatic nitrogens is 3. The molecular weight excluding hydrogens is 489 g/mol. The van der Waals surface area contributed by atoms with E-state index in [1.807, 2.05) is 12.3 Å². The summed E-state index contributed by atoms with van der Waals surface area (Å²) in [6, 6.07) is 15.2. The number of nitrogens with zero attached hydrogens (tertiary/aromatic N) is 4. The van der Waals surface area contributed by atoms with Gasteiger partial charge in [-0.3, -0.25) is 4.90 Å². The van der Waals surface area contributed by atoms with E-state index in [1.54, 1.807) is 26.4 Å². The van der Waals surface area contributed by atoms with Crippen LogP contribution in [0.3, 0.4) is 0 Å². The Labute approximate surface area is 221 Å². The minimum atomic E-state index is -0.175. The van der Waals surface area contributed by atoms with E-state index >= 15 is 0 Å². The minimum Gasteiger partial charge on any atom is -0.481 e. The zero-order valence-electron chi connectivity index (χ0n) is 21.2. The zero-order chi connectivity index (χ0) is 25.6. The molecule has 5 rings (SSSR count). The SMILES string of the molecule is COc1cc(OC)nc(Sc2ccc(N3CCN(CCCCc4c[nH]c5ccc(F)cc45)CC3)cc2)n1. The minimum absolute atomic E-state index is 0.175. The number of hydrogen-bond donors (Lipinski definition) is 1. The summed E-state index contributed by atoms with van der Waals surface area (Å²) in [6.45, 7) is 5.26. The number of piperazine rings is 1. The molecule has 194 valence electrons. The average molecular weight is 522 g/mol. The molecule has 1 aliphatic rings. The van der Waals surface area contributed by atoms with Crippen molar-refractivity contribution >= 4 is 28.4 Å². The second-order valence-corrected chi connectivity index (χ2v) is 10.2. The molecule has 0 amide bonds. The van der Waals surface area contributed by atoms with Crippen LogP contribution >= 0.6 is 11.8 Å². The normalized spacial score (nSPS) is 14.3. The Morgan fingerprint density at radius 1 is 0.919 bits per heavy atom. The lowest BCUT2D eigenvalue weighted by molar-refractivity contribution is 0.253. The van der Waals surface area contributed by atoms with Crippen LogP contribution in [-0.4, -0.2) is 66.8 Å². The summed E-state index contributed by atoms with van der Waals surface area (Å²) in [7, 11) is 3.17. The number of fused-ring (bicyclic) bond motifs is 1. The van der Waals surface area contributed by atoms with Crippen LogP contribution in [0.15, 0.2) is 64.8 Å². The Bertz CT molecular complexity index is 1300. The molecule has 0 bridgehead atoms. The number of ether oxygens (including phenoxy) is 2. The van der Waals surface area contributed by atoms with E-state index in [9.17, 15) is 4.39 Å². The number of methoxy groups -OCH3 is 2. The van der Waals surface area contributed by atoms with Gasteiger partial charge in [0.05, 0.1) is 20.3 Å². The van der Waals surface area contributed by atoms with Crippen molar-refractivity contribution in [3.63, 3.8) is 0 Å². The largest absolute Gasteiger partial charge is 0.481 e. The monoisotopic (exact) mass is 521 g/mol. The van der Waals surface area contributed by atoms with Crippen LogP contribution in [0, 0.1) is 5.82 Å². The van der Waals surface area contributed by atoms with Gasteiger partial charge >= 0.3 is 0 Å². The van der Waals surface area contributed by atoms with Crippen LogP contribution in [0.1, 0.15) is 18.4 Å². The second-order valence-electron chi connectivity index (χ2n) is 9.12. The van der Waals surface area contributed by atoms with Gasteiger partial charge in [0, 0.05) is 53.9 Å².